The van der Waals surface area contributed by atoms with Gasteiger partial charge in [-0.15, -0.1) is 23.2 Å². The van der Waals surface area contributed by atoms with Crippen molar-refractivity contribution in [1.82, 2.24) is 9.97 Å². The van der Waals surface area contributed by atoms with Gasteiger partial charge in [-0.3, -0.25) is 9.78 Å². The van der Waals surface area contributed by atoms with Gasteiger partial charge in [-0.05, 0) is 12.8 Å². The maximum absolute atomic E-state index is 11.6. The number of hydrogen-bond acceptors (Lipinski definition) is 3. The summed E-state index contributed by atoms with van der Waals surface area (Å²) < 4.78 is 0. The zero-order chi connectivity index (χ0) is 12.2. The summed E-state index contributed by atoms with van der Waals surface area (Å²) in [5.74, 6) is 0.623. The first-order valence-corrected chi connectivity index (χ1v) is 5.83. The number of alkyl halides is 2. The summed E-state index contributed by atoms with van der Waals surface area (Å²) in [5, 5.41) is 0. The lowest BCUT2D eigenvalue weighted by molar-refractivity contribution is 0.410. The Hall–Kier alpha value is -0.780. The third kappa shape index (κ3) is 2.87. The zero-order valence-corrected chi connectivity index (χ0v) is 10.1. The van der Waals surface area contributed by atoms with Crippen LogP contribution in [0.1, 0.15) is 18.4 Å². The smallest absolute Gasteiger partial charge is 0.321 e. The highest BCUT2D eigenvalue weighted by Gasteiger charge is 2.29. The molecule has 1 aromatic rings. The number of aromatic nitrogens is 2. The van der Waals surface area contributed by atoms with Crippen LogP contribution in [0.5, 0.6) is 0 Å². The fraction of sp³-hybridized carbons (Fsp3) is 0.556. The minimum atomic E-state index is -0.902. The average molecular weight is 266 g/mol. The first-order chi connectivity index (χ1) is 7.53. The van der Waals surface area contributed by atoms with Gasteiger partial charge in [0.05, 0.1) is 11.1 Å². The molecule has 0 saturated heterocycles. The van der Waals surface area contributed by atoms with Gasteiger partial charge in [0.15, 0.2) is 0 Å². The number of nitrogens with two attached hydrogens (primary N) is 1. The minimum Gasteiger partial charge on any atom is -0.321 e. The van der Waals surface area contributed by atoms with Gasteiger partial charge < -0.3 is 10.7 Å². The molecule has 16 heavy (non-hydrogen) atoms. The molecule has 0 radical (unpaired) electrons. The highest BCUT2D eigenvalue weighted by atomic mass is 35.5. The van der Waals surface area contributed by atoms with E-state index < -0.39 is 16.8 Å². The molecule has 4 N–H and O–H groups in total. The Morgan fingerprint density at radius 2 is 1.81 bits per heavy atom. The van der Waals surface area contributed by atoms with Crippen molar-refractivity contribution in [2.75, 3.05) is 11.8 Å². The van der Waals surface area contributed by atoms with Gasteiger partial charge >= 0.3 is 5.69 Å². The summed E-state index contributed by atoms with van der Waals surface area (Å²) in [6.07, 6.45) is 2.15. The van der Waals surface area contributed by atoms with Gasteiger partial charge in [-0.2, -0.15) is 0 Å². The van der Waals surface area contributed by atoms with Gasteiger partial charge in [0.25, 0.3) is 5.56 Å². The number of aromatic amines is 2. The standard InChI is InChI=1S/C9H13Cl2N3O2/c10-3-1-9(12,2-4-11)6-5-13-8(16)14-7(6)15/h5H,1-4,12H2,(H2,13,14,15,16). The molecule has 0 saturated carbocycles. The molecule has 0 atom stereocenters. The number of nitrogens with one attached hydrogen (secondary N) is 2. The van der Waals surface area contributed by atoms with Crippen LogP contribution in [0.4, 0.5) is 0 Å². The molecule has 0 aliphatic heterocycles. The molecule has 0 unspecified atom stereocenters. The SMILES string of the molecule is NC(CCCl)(CCCl)c1c[nH]c(=O)[nH]c1=O. The van der Waals surface area contributed by atoms with Crippen LogP contribution < -0.4 is 17.0 Å². The van der Waals surface area contributed by atoms with E-state index in [9.17, 15) is 9.59 Å². The molecule has 0 aliphatic rings. The summed E-state index contributed by atoms with van der Waals surface area (Å²) in [4.78, 5) is 27.0. The third-order valence-corrected chi connectivity index (χ3v) is 2.81. The van der Waals surface area contributed by atoms with E-state index in [2.05, 4.69) is 9.97 Å². The molecule has 0 aliphatic carbocycles. The molecule has 0 bridgehead atoms. The van der Waals surface area contributed by atoms with E-state index in [-0.39, 0.29) is 0 Å². The lowest BCUT2D eigenvalue weighted by Crippen LogP contribution is -2.44. The van der Waals surface area contributed by atoms with Crippen LogP contribution in [0.25, 0.3) is 0 Å². The van der Waals surface area contributed by atoms with Crippen molar-refractivity contribution >= 4 is 23.2 Å². The number of H-pyrrole nitrogens is 2. The highest BCUT2D eigenvalue weighted by molar-refractivity contribution is 6.18. The second-order valence-electron chi connectivity index (χ2n) is 3.52. The van der Waals surface area contributed by atoms with Gasteiger partial charge in [-0.25, -0.2) is 4.79 Å². The minimum absolute atomic E-state index is 0.299. The quantitative estimate of drug-likeness (QED) is 0.676. The fourth-order valence-corrected chi connectivity index (χ4v) is 2.19. The zero-order valence-electron chi connectivity index (χ0n) is 8.56. The van der Waals surface area contributed by atoms with Crippen LogP contribution in [0, 0.1) is 0 Å². The molecule has 0 aromatic carbocycles. The number of hydrogen-bond donors (Lipinski definition) is 3. The summed E-state index contributed by atoms with van der Waals surface area (Å²) in [6, 6.07) is 0. The Bertz CT molecular complexity index is 449. The molecular formula is C9H13Cl2N3O2. The molecule has 90 valence electrons. The molecule has 1 rings (SSSR count). The van der Waals surface area contributed by atoms with Crippen LogP contribution in [0.15, 0.2) is 15.8 Å². The maximum atomic E-state index is 11.6. The van der Waals surface area contributed by atoms with Crippen LogP contribution >= 0.6 is 23.2 Å². The Labute approximate surface area is 102 Å². The average Bonchev–Trinajstić information content (AvgIpc) is 2.17. The first kappa shape index (κ1) is 13.3. The largest absolute Gasteiger partial charge is 0.325 e. The van der Waals surface area contributed by atoms with Crippen LogP contribution in [0.3, 0.4) is 0 Å². The van der Waals surface area contributed by atoms with Crippen molar-refractivity contribution in [2.45, 2.75) is 18.4 Å². The van der Waals surface area contributed by atoms with Crippen molar-refractivity contribution in [1.29, 1.82) is 0 Å². The molecule has 1 heterocycles. The van der Waals surface area contributed by atoms with Gasteiger partial charge in [0.2, 0.25) is 0 Å². The van der Waals surface area contributed by atoms with Gasteiger partial charge in [0, 0.05) is 18.0 Å². The van der Waals surface area contributed by atoms with Crippen LogP contribution in [0.2, 0.25) is 0 Å². The second kappa shape index (κ2) is 5.52. The van der Waals surface area contributed by atoms with Crippen molar-refractivity contribution in [2.24, 2.45) is 5.73 Å². The Balaban J connectivity index is 3.20. The predicted molar refractivity (Wildman–Crippen MR) is 64.2 cm³/mol. The van der Waals surface area contributed by atoms with E-state index in [0.717, 1.165) is 0 Å². The van der Waals surface area contributed by atoms with E-state index in [1.807, 2.05) is 0 Å². The van der Waals surface area contributed by atoms with E-state index in [1.165, 1.54) is 6.20 Å². The summed E-state index contributed by atoms with van der Waals surface area (Å²) in [6.45, 7) is 0. The van der Waals surface area contributed by atoms with E-state index in [4.69, 9.17) is 28.9 Å². The maximum Gasteiger partial charge on any atom is 0.325 e. The summed E-state index contributed by atoms with van der Waals surface area (Å²) in [7, 11) is 0. The third-order valence-electron chi connectivity index (χ3n) is 2.44. The van der Waals surface area contributed by atoms with Crippen molar-refractivity contribution in [3.05, 3.63) is 32.6 Å². The Kier molecular flexibility index (Phi) is 4.58. The molecule has 5 nitrogen and oxygen atoms in total. The van der Waals surface area contributed by atoms with Gasteiger partial charge in [-0.1, -0.05) is 0 Å². The lowest BCUT2D eigenvalue weighted by Gasteiger charge is -2.27. The molecule has 0 amide bonds. The fourth-order valence-electron chi connectivity index (χ4n) is 1.51. The normalized spacial score (nSPS) is 11.7. The predicted octanol–water partition coefficient (Wildman–Crippen LogP) is 0.475. The van der Waals surface area contributed by atoms with Crippen molar-refractivity contribution in [3.63, 3.8) is 0 Å². The Morgan fingerprint density at radius 3 is 2.25 bits per heavy atom. The van der Waals surface area contributed by atoms with E-state index in [0.29, 0.717) is 30.2 Å². The van der Waals surface area contributed by atoms with E-state index >= 15 is 0 Å². The molecule has 1 aromatic heterocycles. The Morgan fingerprint density at radius 1 is 1.25 bits per heavy atom. The lowest BCUT2D eigenvalue weighted by atomic mass is 9.87. The topological polar surface area (TPSA) is 91.7 Å². The number of rotatable bonds is 5. The van der Waals surface area contributed by atoms with Crippen molar-refractivity contribution in [3.8, 4) is 0 Å². The molecule has 0 fully saturated rings. The van der Waals surface area contributed by atoms with Crippen molar-refractivity contribution < 1.29 is 0 Å². The monoisotopic (exact) mass is 265 g/mol. The molecule has 7 heteroatoms. The summed E-state index contributed by atoms with van der Waals surface area (Å²) >= 11 is 11.3. The molecule has 0 spiro atoms. The molecular weight excluding hydrogens is 253 g/mol. The first-order valence-electron chi connectivity index (χ1n) is 4.77. The van der Waals surface area contributed by atoms with Crippen LogP contribution in [-0.4, -0.2) is 21.7 Å². The second-order valence-corrected chi connectivity index (χ2v) is 4.28. The highest BCUT2D eigenvalue weighted by Crippen LogP contribution is 2.23. The van der Waals surface area contributed by atoms with Gasteiger partial charge in [0.1, 0.15) is 0 Å². The summed E-state index contributed by atoms with van der Waals surface area (Å²) in [5.41, 5.74) is 4.42. The van der Waals surface area contributed by atoms with Crippen LogP contribution in [-0.2, 0) is 5.54 Å². The van der Waals surface area contributed by atoms with E-state index in [1.54, 1.807) is 0 Å². The number of halogens is 2.